The number of hydrogen-bond acceptors (Lipinski definition) is 6. The zero-order valence-corrected chi connectivity index (χ0v) is 20.6. The van der Waals surface area contributed by atoms with Crippen molar-refractivity contribution in [3.05, 3.63) is 48.7 Å². The zero-order chi connectivity index (χ0) is 25.0. The number of piperidine rings is 1. The number of fused-ring (bicyclic) bond motifs is 1. The molecule has 2 heterocycles. The van der Waals surface area contributed by atoms with Crippen LogP contribution >= 0.6 is 0 Å². The SMILES string of the molecule is COc1ccc(NC(=O)CS(=O)(=O)c2cn(CC(=O)N3CCCCC3)c3ccccc23)c(OC)c1. The highest BCUT2D eigenvalue weighted by atomic mass is 32.2. The van der Waals surface area contributed by atoms with Crippen LogP contribution in [0.5, 0.6) is 11.5 Å². The molecule has 2 aromatic carbocycles. The Balaban J connectivity index is 1.56. The Bertz CT molecular complexity index is 1340. The minimum atomic E-state index is -4.00. The van der Waals surface area contributed by atoms with Gasteiger partial charge in [0.2, 0.25) is 11.8 Å². The van der Waals surface area contributed by atoms with Crippen molar-refractivity contribution >= 4 is 38.2 Å². The van der Waals surface area contributed by atoms with E-state index in [2.05, 4.69) is 5.32 Å². The summed E-state index contributed by atoms with van der Waals surface area (Å²) in [6.45, 7) is 1.49. The van der Waals surface area contributed by atoms with Crippen LogP contribution in [0.2, 0.25) is 0 Å². The number of carbonyl (C=O) groups is 2. The van der Waals surface area contributed by atoms with E-state index in [4.69, 9.17) is 9.47 Å². The molecule has 1 N–H and O–H groups in total. The van der Waals surface area contributed by atoms with Crippen molar-refractivity contribution in [1.82, 2.24) is 9.47 Å². The van der Waals surface area contributed by atoms with Crippen LogP contribution < -0.4 is 14.8 Å². The third-order valence-electron chi connectivity index (χ3n) is 6.11. The van der Waals surface area contributed by atoms with Gasteiger partial charge in [-0.25, -0.2) is 8.42 Å². The minimum Gasteiger partial charge on any atom is -0.497 e. The molecule has 1 aliphatic heterocycles. The molecule has 9 nitrogen and oxygen atoms in total. The van der Waals surface area contributed by atoms with E-state index in [0.717, 1.165) is 32.4 Å². The summed E-state index contributed by atoms with van der Waals surface area (Å²) in [5, 5.41) is 3.08. The molecule has 0 spiro atoms. The second-order valence-corrected chi connectivity index (χ2v) is 10.4. The van der Waals surface area contributed by atoms with Crippen LogP contribution in [0.15, 0.2) is 53.6 Å². The van der Waals surface area contributed by atoms with Gasteiger partial charge in [0.05, 0.1) is 24.8 Å². The van der Waals surface area contributed by atoms with Gasteiger partial charge in [0.15, 0.2) is 9.84 Å². The second-order valence-electron chi connectivity index (χ2n) is 8.45. The third-order valence-corrected chi connectivity index (χ3v) is 7.74. The normalized spacial score (nSPS) is 14.1. The number of carbonyl (C=O) groups excluding carboxylic acids is 2. The number of likely N-dealkylation sites (tertiary alicyclic amines) is 1. The largest absolute Gasteiger partial charge is 0.497 e. The second kappa shape index (κ2) is 10.4. The molecule has 2 amide bonds. The Morgan fingerprint density at radius 2 is 1.74 bits per heavy atom. The molecule has 1 fully saturated rings. The first-order chi connectivity index (χ1) is 16.8. The van der Waals surface area contributed by atoms with Crippen LogP contribution in [-0.2, 0) is 26.0 Å². The van der Waals surface area contributed by atoms with Crippen molar-refractivity contribution in [3.8, 4) is 11.5 Å². The van der Waals surface area contributed by atoms with Gasteiger partial charge in [0.1, 0.15) is 23.8 Å². The Morgan fingerprint density at radius 1 is 1.00 bits per heavy atom. The van der Waals surface area contributed by atoms with Gasteiger partial charge in [-0.3, -0.25) is 9.59 Å². The first-order valence-electron chi connectivity index (χ1n) is 11.4. The van der Waals surface area contributed by atoms with Gasteiger partial charge in [0, 0.05) is 36.3 Å². The lowest BCUT2D eigenvalue weighted by Crippen LogP contribution is -2.37. The number of aromatic nitrogens is 1. The molecule has 1 aromatic heterocycles. The lowest BCUT2D eigenvalue weighted by molar-refractivity contribution is -0.132. The van der Waals surface area contributed by atoms with Gasteiger partial charge in [-0.1, -0.05) is 18.2 Å². The van der Waals surface area contributed by atoms with Crippen molar-refractivity contribution in [1.29, 1.82) is 0 Å². The topological polar surface area (TPSA) is 107 Å². The number of benzene rings is 2. The van der Waals surface area contributed by atoms with Crippen molar-refractivity contribution in [2.75, 3.05) is 38.4 Å². The zero-order valence-electron chi connectivity index (χ0n) is 19.8. The van der Waals surface area contributed by atoms with Crippen molar-refractivity contribution in [2.24, 2.45) is 0 Å². The summed E-state index contributed by atoms with van der Waals surface area (Å²) in [5.74, 6) is -0.605. The fourth-order valence-electron chi connectivity index (χ4n) is 4.32. The molecule has 0 bridgehead atoms. The molecule has 10 heteroatoms. The fourth-order valence-corrected chi connectivity index (χ4v) is 5.69. The number of para-hydroxylation sites is 1. The smallest absolute Gasteiger partial charge is 0.242 e. The molecular formula is C25H29N3O6S. The summed E-state index contributed by atoms with van der Waals surface area (Å²) in [4.78, 5) is 27.4. The third kappa shape index (κ3) is 5.43. The standard InChI is InChI=1S/C25H29N3O6S/c1-33-18-10-11-20(22(14-18)34-2)26-24(29)17-35(31,32)23-15-28(21-9-5-4-8-19(21)23)16-25(30)27-12-6-3-7-13-27/h4-5,8-11,14-15H,3,6-7,12-13,16-17H2,1-2H3,(H,26,29). The maximum atomic E-state index is 13.3. The summed E-state index contributed by atoms with van der Waals surface area (Å²) in [6.07, 6.45) is 4.53. The van der Waals surface area contributed by atoms with Crippen LogP contribution in [0.4, 0.5) is 5.69 Å². The molecule has 0 aliphatic carbocycles. The van der Waals surface area contributed by atoms with E-state index in [1.54, 1.807) is 47.0 Å². The predicted octanol–water partition coefficient (Wildman–Crippen LogP) is 3.08. The molecule has 1 aliphatic rings. The monoisotopic (exact) mass is 499 g/mol. The van der Waals surface area contributed by atoms with Crippen LogP contribution in [0.25, 0.3) is 10.9 Å². The van der Waals surface area contributed by atoms with Crippen molar-refractivity contribution in [3.63, 3.8) is 0 Å². The number of ether oxygens (including phenoxy) is 2. The first-order valence-corrected chi connectivity index (χ1v) is 13.1. The molecule has 0 atom stereocenters. The van der Waals surface area contributed by atoms with Crippen LogP contribution in [0, 0.1) is 0 Å². The highest BCUT2D eigenvalue weighted by molar-refractivity contribution is 7.92. The fraction of sp³-hybridized carbons (Fsp3) is 0.360. The average molecular weight is 500 g/mol. The van der Waals surface area contributed by atoms with Crippen LogP contribution in [0.3, 0.4) is 0 Å². The van der Waals surface area contributed by atoms with E-state index in [9.17, 15) is 18.0 Å². The quantitative estimate of drug-likeness (QED) is 0.511. The Kier molecular flexibility index (Phi) is 7.30. The number of sulfone groups is 1. The lowest BCUT2D eigenvalue weighted by atomic mass is 10.1. The molecule has 0 radical (unpaired) electrons. The summed E-state index contributed by atoms with van der Waals surface area (Å²) < 4.78 is 38.6. The molecule has 3 aromatic rings. The van der Waals surface area contributed by atoms with Crippen LogP contribution in [-0.4, -0.2) is 62.8 Å². The predicted molar refractivity (Wildman–Crippen MR) is 133 cm³/mol. The summed E-state index contributed by atoms with van der Waals surface area (Å²) in [7, 11) is -1.05. The Hall–Kier alpha value is -3.53. The molecule has 186 valence electrons. The highest BCUT2D eigenvalue weighted by Crippen LogP contribution is 2.30. The number of hydrogen-bond donors (Lipinski definition) is 1. The Morgan fingerprint density at radius 3 is 2.46 bits per heavy atom. The summed E-state index contributed by atoms with van der Waals surface area (Å²) in [5.41, 5.74) is 0.969. The summed E-state index contributed by atoms with van der Waals surface area (Å²) >= 11 is 0. The number of anilines is 1. The van der Waals surface area contributed by atoms with Crippen molar-refractivity contribution < 1.29 is 27.5 Å². The van der Waals surface area contributed by atoms with E-state index in [0.29, 0.717) is 28.1 Å². The minimum absolute atomic E-state index is 0.0244. The molecule has 0 unspecified atom stereocenters. The van der Waals surface area contributed by atoms with Crippen LogP contribution in [0.1, 0.15) is 19.3 Å². The van der Waals surface area contributed by atoms with E-state index in [1.165, 1.54) is 20.4 Å². The first kappa shape index (κ1) is 24.6. The number of nitrogens with one attached hydrogen (secondary N) is 1. The molecular weight excluding hydrogens is 470 g/mol. The Labute approximate surface area is 204 Å². The number of rotatable bonds is 8. The van der Waals surface area contributed by atoms with E-state index < -0.39 is 21.5 Å². The highest BCUT2D eigenvalue weighted by Gasteiger charge is 2.26. The average Bonchev–Trinajstić information content (AvgIpc) is 3.24. The van der Waals surface area contributed by atoms with Gasteiger partial charge >= 0.3 is 0 Å². The maximum absolute atomic E-state index is 13.3. The van der Waals surface area contributed by atoms with Gasteiger partial charge in [0.25, 0.3) is 0 Å². The van der Waals surface area contributed by atoms with Gasteiger partial charge in [-0.15, -0.1) is 0 Å². The number of nitrogens with zero attached hydrogens (tertiary/aromatic N) is 2. The number of amides is 2. The maximum Gasteiger partial charge on any atom is 0.242 e. The van der Waals surface area contributed by atoms with E-state index >= 15 is 0 Å². The molecule has 1 saturated heterocycles. The molecule has 35 heavy (non-hydrogen) atoms. The lowest BCUT2D eigenvalue weighted by Gasteiger charge is -2.27. The van der Waals surface area contributed by atoms with Gasteiger partial charge in [-0.05, 0) is 37.5 Å². The van der Waals surface area contributed by atoms with E-state index in [1.807, 2.05) is 4.90 Å². The van der Waals surface area contributed by atoms with E-state index in [-0.39, 0.29) is 17.3 Å². The van der Waals surface area contributed by atoms with Gasteiger partial charge < -0.3 is 24.3 Å². The number of methoxy groups -OCH3 is 2. The molecule has 0 saturated carbocycles. The molecule has 4 rings (SSSR count). The summed E-state index contributed by atoms with van der Waals surface area (Å²) in [6, 6.07) is 11.8. The van der Waals surface area contributed by atoms with Gasteiger partial charge in [-0.2, -0.15) is 0 Å². The van der Waals surface area contributed by atoms with Crippen molar-refractivity contribution in [2.45, 2.75) is 30.7 Å².